The summed E-state index contributed by atoms with van der Waals surface area (Å²) < 4.78 is 1.09. The summed E-state index contributed by atoms with van der Waals surface area (Å²) in [6.45, 7) is 2.24. The number of nitrogens with one attached hydrogen (secondary N) is 3. The zero-order chi connectivity index (χ0) is 29.9. The Morgan fingerprint density at radius 3 is 1.88 bits per heavy atom. The number of carbonyl (C=O) groups is 1. The quantitative estimate of drug-likeness (QED) is 0.0799. The highest BCUT2D eigenvalue weighted by Gasteiger charge is 2.22. The number of H-pyrrole nitrogens is 1. The molecular formula is C29H34Cl6N4O2. The Hall–Kier alpha value is -1.54. The van der Waals surface area contributed by atoms with Gasteiger partial charge in [-0.15, -0.1) is 0 Å². The maximum atomic E-state index is 12.8. The summed E-state index contributed by atoms with van der Waals surface area (Å²) in [5.74, 6) is 0.227. The zero-order valence-corrected chi connectivity index (χ0v) is 27.4. The first kappa shape index (κ1) is 34.0. The van der Waals surface area contributed by atoms with Crippen LogP contribution in [-0.2, 0) is 4.79 Å². The summed E-state index contributed by atoms with van der Waals surface area (Å²) in [6, 6.07) is 6.35. The number of carbonyl (C=O) groups excluding carboxylic acids is 1. The van der Waals surface area contributed by atoms with Crippen molar-refractivity contribution >= 4 is 92.7 Å². The van der Waals surface area contributed by atoms with E-state index in [4.69, 9.17) is 69.6 Å². The third-order valence-electron chi connectivity index (χ3n) is 6.66. The molecule has 0 aliphatic rings. The lowest BCUT2D eigenvalue weighted by Crippen LogP contribution is -2.15. The Bertz CT molecular complexity index is 1360. The predicted octanol–water partition coefficient (Wildman–Crippen LogP) is 11.5. The molecule has 41 heavy (non-hydrogen) atoms. The number of amides is 1. The average molecular weight is 683 g/mol. The van der Waals surface area contributed by atoms with Crippen LogP contribution >= 0.6 is 69.6 Å². The van der Waals surface area contributed by atoms with E-state index < -0.39 is 5.56 Å². The second-order valence-corrected chi connectivity index (χ2v) is 12.2. The third kappa shape index (κ3) is 9.74. The van der Waals surface area contributed by atoms with Crippen molar-refractivity contribution in [1.29, 1.82) is 0 Å². The van der Waals surface area contributed by atoms with Crippen molar-refractivity contribution < 1.29 is 4.79 Å². The van der Waals surface area contributed by atoms with Gasteiger partial charge in [0.1, 0.15) is 11.5 Å². The zero-order valence-electron chi connectivity index (χ0n) is 22.8. The Morgan fingerprint density at radius 1 is 0.756 bits per heavy atom. The van der Waals surface area contributed by atoms with Crippen LogP contribution in [0.4, 0.5) is 17.2 Å². The minimum atomic E-state index is -0.488. The summed E-state index contributed by atoms with van der Waals surface area (Å²) in [6.07, 6.45) is 13.9. The highest BCUT2D eigenvalue weighted by atomic mass is 35.5. The molecule has 3 rings (SSSR count). The number of anilines is 3. The SMILES string of the molecule is CCCCCCCCCCCCCC(=O)Nc1ccc(Cl)c(Nc2cc(=O)n(-c3c(Cl)c(Cl)c(Cl)c(Cl)c3Cl)[nH]2)c1. The van der Waals surface area contributed by atoms with E-state index in [1.54, 1.807) is 18.2 Å². The molecule has 3 N–H and O–H groups in total. The normalized spacial score (nSPS) is 11.2. The molecule has 0 saturated heterocycles. The fourth-order valence-corrected chi connectivity index (χ4v) is 5.90. The van der Waals surface area contributed by atoms with Gasteiger partial charge in [0.05, 0.1) is 35.8 Å². The van der Waals surface area contributed by atoms with Gasteiger partial charge in [-0.3, -0.25) is 14.7 Å². The van der Waals surface area contributed by atoms with Gasteiger partial charge in [-0.1, -0.05) is 141 Å². The van der Waals surface area contributed by atoms with Crippen LogP contribution < -0.4 is 16.2 Å². The molecule has 0 bridgehead atoms. The van der Waals surface area contributed by atoms with Gasteiger partial charge in [0.2, 0.25) is 5.91 Å². The second-order valence-electron chi connectivity index (χ2n) is 9.92. The highest BCUT2D eigenvalue weighted by Crippen LogP contribution is 2.45. The Balaban J connectivity index is 1.53. The van der Waals surface area contributed by atoms with E-state index in [1.165, 1.54) is 57.4 Å². The monoisotopic (exact) mass is 680 g/mol. The number of hydrogen-bond acceptors (Lipinski definition) is 3. The molecule has 1 amide bonds. The fraction of sp³-hybridized carbons (Fsp3) is 0.448. The van der Waals surface area contributed by atoms with Crippen molar-refractivity contribution in [3.05, 3.63) is 64.8 Å². The van der Waals surface area contributed by atoms with Crippen LogP contribution in [0.5, 0.6) is 0 Å². The van der Waals surface area contributed by atoms with E-state index in [0.717, 1.165) is 23.9 Å². The first-order valence-corrected chi connectivity index (χ1v) is 16.1. The lowest BCUT2D eigenvalue weighted by molar-refractivity contribution is -0.116. The van der Waals surface area contributed by atoms with Crippen LogP contribution in [0.3, 0.4) is 0 Å². The van der Waals surface area contributed by atoms with E-state index in [1.807, 2.05) is 0 Å². The number of halogens is 6. The molecular weight excluding hydrogens is 649 g/mol. The van der Waals surface area contributed by atoms with Crippen molar-refractivity contribution in [3.8, 4) is 5.69 Å². The molecule has 0 aliphatic heterocycles. The smallest absolute Gasteiger partial charge is 0.273 e. The Labute approximate surface area is 271 Å². The number of hydrogen-bond donors (Lipinski definition) is 3. The van der Waals surface area contributed by atoms with Crippen LogP contribution in [0.2, 0.25) is 30.1 Å². The standard InChI is InChI=1S/C29H34Cl6N4O2/c1-2-3-4-5-6-7-8-9-10-11-12-13-22(40)36-18-14-15-19(30)20(16-18)37-21-17-23(41)39(38-21)29-27(34)25(32)24(31)26(33)28(29)35/h14-17,37-38H,2-13H2,1H3,(H,36,40). The number of unbranched alkanes of at least 4 members (excludes halogenated alkanes) is 10. The first-order chi connectivity index (χ1) is 19.6. The number of aromatic nitrogens is 2. The largest absolute Gasteiger partial charge is 0.339 e. The lowest BCUT2D eigenvalue weighted by atomic mass is 10.1. The number of rotatable bonds is 16. The maximum absolute atomic E-state index is 12.8. The molecule has 224 valence electrons. The van der Waals surface area contributed by atoms with Crippen molar-refractivity contribution in [2.75, 3.05) is 10.6 Å². The summed E-state index contributed by atoms with van der Waals surface area (Å²) in [7, 11) is 0. The molecule has 0 aliphatic carbocycles. The van der Waals surface area contributed by atoms with Crippen molar-refractivity contribution in [2.45, 2.75) is 84.0 Å². The van der Waals surface area contributed by atoms with Crippen LogP contribution in [0.1, 0.15) is 84.0 Å². The molecule has 0 spiro atoms. The molecule has 1 aromatic heterocycles. The fourth-order valence-electron chi connectivity index (χ4n) is 4.43. The minimum Gasteiger partial charge on any atom is -0.339 e. The van der Waals surface area contributed by atoms with E-state index in [9.17, 15) is 9.59 Å². The summed E-state index contributed by atoms with van der Waals surface area (Å²) in [5.41, 5.74) is 0.615. The lowest BCUT2D eigenvalue weighted by Gasteiger charge is -2.13. The Kier molecular flexibility index (Phi) is 14.0. The maximum Gasteiger partial charge on any atom is 0.273 e. The molecule has 1 heterocycles. The number of aromatic amines is 1. The molecule has 0 saturated carbocycles. The highest BCUT2D eigenvalue weighted by molar-refractivity contribution is 6.56. The second kappa shape index (κ2) is 16.9. The number of nitrogens with zero attached hydrogens (tertiary/aromatic N) is 1. The van der Waals surface area contributed by atoms with Gasteiger partial charge in [0.25, 0.3) is 5.56 Å². The summed E-state index contributed by atoms with van der Waals surface area (Å²) >= 11 is 37.4. The van der Waals surface area contributed by atoms with Crippen LogP contribution in [0.15, 0.2) is 29.1 Å². The van der Waals surface area contributed by atoms with Crippen LogP contribution in [-0.4, -0.2) is 15.7 Å². The summed E-state index contributed by atoms with van der Waals surface area (Å²) in [4.78, 5) is 25.3. The van der Waals surface area contributed by atoms with Gasteiger partial charge >= 0.3 is 0 Å². The van der Waals surface area contributed by atoms with Gasteiger partial charge in [-0.2, -0.15) is 0 Å². The van der Waals surface area contributed by atoms with Gasteiger partial charge in [0.15, 0.2) is 0 Å². The topological polar surface area (TPSA) is 78.9 Å². The van der Waals surface area contributed by atoms with E-state index in [0.29, 0.717) is 22.8 Å². The molecule has 0 unspecified atom stereocenters. The first-order valence-electron chi connectivity index (χ1n) is 13.8. The molecule has 3 aromatic rings. The van der Waals surface area contributed by atoms with Gasteiger partial charge < -0.3 is 10.6 Å². The number of benzene rings is 2. The van der Waals surface area contributed by atoms with Gasteiger partial charge in [-0.05, 0) is 24.6 Å². The molecule has 6 nitrogen and oxygen atoms in total. The molecule has 0 atom stereocenters. The molecule has 2 aromatic carbocycles. The minimum absolute atomic E-state index is 0.0146. The van der Waals surface area contributed by atoms with Crippen molar-refractivity contribution in [2.24, 2.45) is 0 Å². The molecule has 0 fully saturated rings. The average Bonchev–Trinajstić information content (AvgIpc) is 3.30. The van der Waals surface area contributed by atoms with Crippen LogP contribution in [0.25, 0.3) is 5.69 Å². The van der Waals surface area contributed by atoms with Crippen LogP contribution in [0, 0.1) is 0 Å². The molecule has 0 radical (unpaired) electrons. The Morgan fingerprint density at radius 2 is 1.29 bits per heavy atom. The van der Waals surface area contributed by atoms with E-state index in [2.05, 4.69) is 22.7 Å². The van der Waals surface area contributed by atoms with Gasteiger partial charge in [0, 0.05) is 18.2 Å². The van der Waals surface area contributed by atoms with Crippen molar-refractivity contribution in [1.82, 2.24) is 9.78 Å². The predicted molar refractivity (Wildman–Crippen MR) is 176 cm³/mol. The van der Waals surface area contributed by atoms with Gasteiger partial charge in [-0.25, -0.2) is 4.68 Å². The molecule has 12 heteroatoms. The van der Waals surface area contributed by atoms with E-state index >= 15 is 0 Å². The third-order valence-corrected chi connectivity index (χ3v) is 9.24. The summed E-state index contributed by atoms with van der Waals surface area (Å²) in [5, 5.41) is 9.06. The van der Waals surface area contributed by atoms with Crippen molar-refractivity contribution in [3.63, 3.8) is 0 Å². The van der Waals surface area contributed by atoms with E-state index in [-0.39, 0.29) is 42.5 Å².